The largest absolute Gasteiger partial charge is 0.377 e. The van der Waals surface area contributed by atoms with Crippen molar-refractivity contribution in [3.05, 3.63) is 23.8 Å². The average Bonchev–Trinajstić information content (AvgIpc) is 2.76. The van der Waals surface area contributed by atoms with Crippen molar-refractivity contribution < 1.29 is 9.53 Å². The van der Waals surface area contributed by atoms with Crippen LogP contribution in [0.2, 0.25) is 0 Å². The number of thiazole rings is 1. The number of hydrogen-bond donors (Lipinski definition) is 1. The van der Waals surface area contributed by atoms with Crippen molar-refractivity contribution in [2.45, 2.75) is 19.4 Å². The van der Waals surface area contributed by atoms with Crippen LogP contribution in [-0.2, 0) is 4.74 Å². The van der Waals surface area contributed by atoms with Crippen LogP contribution in [-0.4, -0.2) is 41.1 Å². The standard InChI is InChI=1S/C14H17N3O2S/c1-14(2)8-19-6-5-17(14)12(18)9-3-4-10-11(7-9)20-13(15)16-10/h3-4,7H,5-6,8H2,1-2H3,(H2,15,16). The van der Waals surface area contributed by atoms with E-state index in [1.807, 2.05) is 36.9 Å². The highest BCUT2D eigenvalue weighted by Crippen LogP contribution is 2.27. The predicted octanol–water partition coefficient (Wildman–Crippen LogP) is 2.13. The van der Waals surface area contributed by atoms with Gasteiger partial charge in [0.1, 0.15) is 0 Å². The van der Waals surface area contributed by atoms with Crippen molar-refractivity contribution >= 4 is 32.6 Å². The normalized spacial score (nSPS) is 18.4. The summed E-state index contributed by atoms with van der Waals surface area (Å²) >= 11 is 1.40. The minimum atomic E-state index is -0.281. The van der Waals surface area contributed by atoms with E-state index >= 15 is 0 Å². The Balaban J connectivity index is 1.95. The Hall–Kier alpha value is -1.66. The van der Waals surface area contributed by atoms with Crippen LogP contribution in [0.4, 0.5) is 5.13 Å². The molecule has 2 N–H and O–H groups in total. The van der Waals surface area contributed by atoms with E-state index in [4.69, 9.17) is 10.5 Å². The first kappa shape index (κ1) is 13.3. The molecule has 0 radical (unpaired) electrons. The van der Waals surface area contributed by atoms with Crippen LogP contribution in [0, 0.1) is 0 Å². The SMILES string of the molecule is CC1(C)COCCN1C(=O)c1ccc2nc(N)sc2c1. The van der Waals surface area contributed by atoms with Gasteiger partial charge in [-0.05, 0) is 32.0 Å². The van der Waals surface area contributed by atoms with E-state index in [-0.39, 0.29) is 11.4 Å². The maximum atomic E-state index is 12.7. The van der Waals surface area contributed by atoms with Gasteiger partial charge >= 0.3 is 0 Å². The van der Waals surface area contributed by atoms with Gasteiger partial charge in [-0.15, -0.1) is 0 Å². The van der Waals surface area contributed by atoms with Crippen molar-refractivity contribution in [1.29, 1.82) is 0 Å². The fourth-order valence-corrected chi connectivity index (χ4v) is 3.24. The molecule has 20 heavy (non-hydrogen) atoms. The number of aromatic nitrogens is 1. The molecule has 6 heteroatoms. The molecule has 1 aromatic heterocycles. The first-order chi connectivity index (χ1) is 9.47. The number of nitrogen functional groups attached to an aromatic ring is 1. The van der Waals surface area contributed by atoms with Crippen molar-refractivity contribution in [2.75, 3.05) is 25.5 Å². The molecule has 2 aromatic rings. The van der Waals surface area contributed by atoms with Crippen LogP contribution in [0.1, 0.15) is 24.2 Å². The van der Waals surface area contributed by atoms with Gasteiger partial charge in [0.15, 0.2) is 5.13 Å². The fourth-order valence-electron chi connectivity index (χ4n) is 2.47. The number of anilines is 1. The number of hydrogen-bond acceptors (Lipinski definition) is 5. The minimum Gasteiger partial charge on any atom is -0.377 e. The summed E-state index contributed by atoms with van der Waals surface area (Å²) in [6.45, 7) is 5.81. The van der Waals surface area contributed by atoms with Crippen LogP contribution in [0.15, 0.2) is 18.2 Å². The molecule has 2 heterocycles. The Kier molecular flexibility index (Phi) is 3.14. The van der Waals surface area contributed by atoms with E-state index in [1.54, 1.807) is 0 Å². The number of morpholine rings is 1. The molecule has 106 valence electrons. The second kappa shape index (κ2) is 4.71. The smallest absolute Gasteiger partial charge is 0.254 e. The van der Waals surface area contributed by atoms with Gasteiger partial charge in [-0.1, -0.05) is 11.3 Å². The lowest BCUT2D eigenvalue weighted by Gasteiger charge is -2.42. The quantitative estimate of drug-likeness (QED) is 0.874. The third-order valence-electron chi connectivity index (χ3n) is 3.54. The number of nitrogens with zero attached hydrogens (tertiary/aromatic N) is 2. The highest BCUT2D eigenvalue weighted by molar-refractivity contribution is 7.22. The van der Waals surface area contributed by atoms with Gasteiger partial charge in [0.2, 0.25) is 0 Å². The Morgan fingerprint density at radius 2 is 2.30 bits per heavy atom. The molecular formula is C14H17N3O2S. The summed E-state index contributed by atoms with van der Waals surface area (Å²) in [5.41, 5.74) is 6.93. The van der Waals surface area contributed by atoms with Gasteiger partial charge < -0.3 is 15.4 Å². The Labute approximate surface area is 121 Å². The molecule has 1 aromatic carbocycles. The van der Waals surface area contributed by atoms with Crippen LogP contribution >= 0.6 is 11.3 Å². The van der Waals surface area contributed by atoms with Gasteiger partial charge in [0.05, 0.1) is 29.0 Å². The van der Waals surface area contributed by atoms with Gasteiger partial charge in [0, 0.05) is 12.1 Å². The third kappa shape index (κ3) is 2.25. The van der Waals surface area contributed by atoms with E-state index < -0.39 is 0 Å². The Morgan fingerprint density at radius 1 is 1.50 bits per heavy atom. The fraction of sp³-hybridized carbons (Fsp3) is 0.429. The van der Waals surface area contributed by atoms with Crippen molar-refractivity contribution in [3.8, 4) is 0 Å². The number of amides is 1. The zero-order valence-corrected chi connectivity index (χ0v) is 12.4. The Morgan fingerprint density at radius 3 is 3.05 bits per heavy atom. The molecule has 1 saturated heterocycles. The summed E-state index contributed by atoms with van der Waals surface area (Å²) in [4.78, 5) is 18.8. The molecule has 0 spiro atoms. The van der Waals surface area contributed by atoms with Gasteiger partial charge in [-0.2, -0.15) is 0 Å². The second-order valence-corrected chi connectivity index (χ2v) is 6.62. The van der Waals surface area contributed by atoms with E-state index in [0.717, 1.165) is 10.2 Å². The molecule has 1 aliphatic heterocycles. The van der Waals surface area contributed by atoms with E-state index in [2.05, 4.69) is 4.98 Å². The summed E-state index contributed by atoms with van der Waals surface area (Å²) in [5.74, 6) is 0.0344. The molecule has 0 saturated carbocycles. The summed E-state index contributed by atoms with van der Waals surface area (Å²) in [5, 5.41) is 0.524. The number of fused-ring (bicyclic) bond motifs is 1. The summed E-state index contributed by atoms with van der Waals surface area (Å²) in [6.07, 6.45) is 0. The summed E-state index contributed by atoms with van der Waals surface area (Å²) in [7, 11) is 0. The van der Waals surface area contributed by atoms with E-state index in [9.17, 15) is 4.79 Å². The van der Waals surface area contributed by atoms with Crippen LogP contribution < -0.4 is 5.73 Å². The highest BCUT2D eigenvalue weighted by Gasteiger charge is 2.34. The number of carbonyl (C=O) groups excluding carboxylic acids is 1. The molecule has 5 nitrogen and oxygen atoms in total. The lowest BCUT2D eigenvalue weighted by molar-refractivity contribution is -0.0370. The van der Waals surface area contributed by atoms with Gasteiger partial charge in [-0.25, -0.2) is 4.98 Å². The second-order valence-electron chi connectivity index (χ2n) is 5.56. The number of nitrogens with two attached hydrogens (primary N) is 1. The molecule has 0 atom stereocenters. The molecule has 0 unspecified atom stereocenters. The van der Waals surface area contributed by atoms with Crippen molar-refractivity contribution in [3.63, 3.8) is 0 Å². The minimum absolute atomic E-state index is 0.0344. The zero-order valence-electron chi connectivity index (χ0n) is 11.5. The molecule has 0 bridgehead atoms. The van der Waals surface area contributed by atoms with Crippen molar-refractivity contribution in [2.24, 2.45) is 0 Å². The van der Waals surface area contributed by atoms with Crippen LogP contribution in [0.25, 0.3) is 10.2 Å². The average molecular weight is 291 g/mol. The van der Waals surface area contributed by atoms with Crippen molar-refractivity contribution in [1.82, 2.24) is 9.88 Å². The monoisotopic (exact) mass is 291 g/mol. The van der Waals surface area contributed by atoms with E-state index in [1.165, 1.54) is 11.3 Å². The zero-order chi connectivity index (χ0) is 14.3. The predicted molar refractivity (Wildman–Crippen MR) is 80.0 cm³/mol. The molecule has 1 amide bonds. The lowest BCUT2D eigenvalue weighted by atomic mass is 10.0. The first-order valence-corrected chi connectivity index (χ1v) is 7.35. The molecule has 0 aliphatic carbocycles. The Bertz CT molecular complexity index is 665. The third-order valence-corrected chi connectivity index (χ3v) is 4.39. The highest BCUT2D eigenvalue weighted by atomic mass is 32.1. The summed E-state index contributed by atoms with van der Waals surface area (Å²) in [6, 6.07) is 5.54. The number of carbonyl (C=O) groups is 1. The number of benzene rings is 1. The number of ether oxygens (including phenoxy) is 1. The van der Waals surface area contributed by atoms with Crippen LogP contribution in [0.5, 0.6) is 0 Å². The lowest BCUT2D eigenvalue weighted by Crippen LogP contribution is -2.55. The maximum Gasteiger partial charge on any atom is 0.254 e. The first-order valence-electron chi connectivity index (χ1n) is 6.53. The summed E-state index contributed by atoms with van der Waals surface area (Å²) < 4.78 is 6.40. The number of rotatable bonds is 1. The van der Waals surface area contributed by atoms with Gasteiger partial charge in [0.25, 0.3) is 5.91 Å². The van der Waals surface area contributed by atoms with Crippen LogP contribution in [0.3, 0.4) is 0 Å². The topological polar surface area (TPSA) is 68.5 Å². The molecule has 1 fully saturated rings. The molecular weight excluding hydrogens is 274 g/mol. The van der Waals surface area contributed by atoms with E-state index in [0.29, 0.717) is 30.5 Å². The molecule has 3 rings (SSSR count). The maximum absolute atomic E-state index is 12.7. The molecule has 1 aliphatic rings. The van der Waals surface area contributed by atoms with Gasteiger partial charge in [-0.3, -0.25) is 4.79 Å².